The first-order valence-electron chi connectivity index (χ1n) is 7.44. The van der Waals surface area contributed by atoms with Crippen LogP contribution in [-0.2, 0) is 0 Å². The molecule has 0 spiro atoms. The van der Waals surface area contributed by atoms with Crippen LogP contribution in [-0.4, -0.2) is 55.1 Å². The number of nitrogens with one attached hydrogen (secondary N) is 1. The van der Waals surface area contributed by atoms with Crippen molar-refractivity contribution < 1.29 is 4.79 Å². The van der Waals surface area contributed by atoms with Crippen LogP contribution in [0.15, 0.2) is 0 Å². The van der Waals surface area contributed by atoms with Crippen molar-refractivity contribution in [3.8, 4) is 0 Å². The van der Waals surface area contributed by atoms with Gasteiger partial charge >= 0.3 is 6.03 Å². The van der Waals surface area contributed by atoms with E-state index in [1.54, 1.807) is 0 Å². The van der Waals surface area contributed by atoms with Crippen molar-refractivity contribution in [1.82, 2.24) is 15.1 Å². The summed E-state index contributed by atoms with van der Waals surface area (Å²) in [6, 6.07) is 0.701. The second kappa shape index (κ2) is 6.41. The number of carbonyl (C=O) groups is 1. The summed E-state index contributed by atoms with van der Waals surface area (Å²) in [7, 11) is 1.99. The van der Waals surface area contributed by atoms with Gasteiger partial charge in [-0.3, -0.25) is 0 Å². The Morgan fingerprint density at radius 3 is 2.39 bits per heavy atom. The lowest BCUT2D eigenvalue weighted by Crippen LogP contribution is -2.53. The smallest absolute Gasteiger partial charge is 0.320 e. The number of amides is 2. The summed E-state index contributed by atoms with van der Waals surface area (Å²) in [5.74, 6) is 0.893. The molecule has 0 unspecified atom stereocenters. The molecule has 0 atom stereocenters. The van der Waals surface area contributed by atoms with Gasteiger partial charge in [0.15, 0.2) is 0 Å². The van der Waals surface area contributed by atoms with Crippen molar-refractivity contribution in [3.05, 3.63) is 0 Å². The van der Waals surface area contributed by atoms with E-state index in [1.807, 2.05) is 16.8 Å². The molecular formula is C14H27N3O. The number of urea groups is 1. The molecular weight excluding hydrogens is 226 g/mol. The van der Waals surface area contributed by atoms with Crippen molar-refractivity contribution in [1.29, 1.82) is 0 Å². The van der Waals surface area contributed by atoms with Crippen LogP contribution in [0.2, 0.25) is 0 Å². The molecule has 4 nitrogen and oxygen atoms in total. The van der Waals surface area contributed by atoms with Gasteiger partial charge in [-0.25, -0.2) is 4.79 Å². The van der Waals surface area contributed by atoms with Gasteiger partial charge in [0.1, 0.15) is 0 Å². The molecule has 2 amide bonds. The Labute approximate surface area is 111 Å². The molecule has 18 heavy (non-hydrogen) atoms. The minimum absolute atomic E-state index is 0.233. The van der Waals surface area contributed by atoms with Gasteiger partial charge in [0, 0.05) is 39.3 Å². The summed E-state index contributed by atoms with van der Waals surface area (Å²) >= 11 is 0. The Kier molecular flexibility index (Phi) is 4.87. The lowest BCUT2D eigenvalue weighted by atomic mass is 9.84. The van der Waals surface area contributed by atoms with E-state index in [4.69, 9.17) is 0 Å². The van der Waals surface area contributed by atoms with Gasteiger partial charge in [-0.2, -0.15) is 0 Å². The first-order valence-corrected chi connectivity index (χ1v) is 7.44. The lowest BCUT2D eigenvalue weighted by Gasteiger charge is -2.38. The minimum atomic E-state index is 0.233. The Morgan fingerprint density at radius 1 is 1.22 bits per heavy atom. The van der Waals surface area contributed by atoms with Crippen molar-refractivity contribution in [3.63, 3.8) is 0 Å². The van der Waals surface area contributed by atoms with Crippen LogP contribution in [0.5, 0.6) is 0 Å². The van der Waals surface area contributed by atoms with Gasteiger partial charge in [0.05, 0.1) is 0 Å². The van der Waals surface area contributed by atoms with Gasteiger partial charge in [0.25, 0.3) is 0 Å². The van der Waals surface area contributed by atoms with Crippen LogP contribution < -0.4 is 5.32 Å². The number of nitrogens with zero attached hydrogens (tertiary/aromatic N) is 2. The van der Waals surface area contributed by atoms with E-state index in [1.165, 1.54) is 32.1 Å². The van der Waals surface area contributed by atoms with E-state index in [2.05, 4.69) is 12.2 Å². The Balaban J connectivity index is 1.83. The molecule has 1 saturated carbocycles. The van der Waals surface area contributed by atoms with Gasteiger partial charge < -0.3 is 15.1 Å². The normalized spacial score (nSPS) is 29.1. The topological polar surface area (TPSA) is 35.6 Å². The molecule has 1 saturated heterocycles. The minimum Gasteiger partial charge on any atom is -0.325 e. The fourth-order valence-electron chi connectivity index (χ4n) is 3.18. The molecule has 1 N–H and O–H groups in total. The second-order valence-electron chi connectivity index (χ2n) is 5.71. The number of rotatable bonds is 2. The Morgan fingerprint density at radius 2 is 1.83 bits per heavy atom. The van der Waals surface area contributed by atoms with Crippen LogP contribution in [0.3, 0.4) is 0 Å². The molecule has 2 fully saturated rings. The van der Waals surface area contributed by atoms with E-state index >= 15 is 0 Å². The first-order chi connectivity index (χ1) is 8.72. The molecule has 1 heterocycles. The highest BCUT2D eigenvalue weighted by Gasteiger charge is 2.28. The second-order valence-corrected chi connectivity index (χ2v) is 5.71. The van der Waals surface area contributed by atoms with Crippen molar-refractivity contribution >= 4 is 6.03 Å². The fourth-order valence-corrected chi connectivity index (χ4v) is 3.18. The van der Waals surface area contributed by atoms with Crippen LogP contribution in [0, 0.1) is 5.92 Å². The summed E-state index contributed by atoms with van der Waals surface area (Å²) in [6.07, 6.45) is 6.25. The maximum atomic E-state index is 12.4. The van der Waals surface area contributed by atoms with E-state index in [0.717, 1.165) is 32.1 Å². The van der Waals surface area contributed by atoms with Crippen molar-refractivity contribution in [2.75, 3.05) is 33.2 Å². The third-order valence-electron chi connectivity index (χ3n) is 4.63. The number of piperazine rings is 1. The summed E-state index contributed by atoms with van der Waals surface area (Å²) in [4.78, 5) is 16.4. The van der Waals surface area contributed by atoms with Gasteiger partial charge in [-0.15, -0.1) is 0 Å². The molecule has 0 bridgehead atoms. The summed E-state index contributed by atoms with van der Waals surface area (Å²) < 4.78 is 0. The average molecular weight is 253 g/mol. The van der Waals surface area contributed by atoms with Crippen LogP contribution in [0.4, 0.5) is 4.79 Å². The van der Waals surface area contributed by atoms with Crippen molar-refractivity contribution in [2.24, 2.45) is 5.92 Å². The SMILES string of the molecule is CCC1CCC(N(C)C(=O)N2CCNCC2)CC1. The third-order valence-corrected chi connectivity index (χ3v) is 4.63. The molecule has 0 aromatic heterocycles. The van der Waals surface area contributed by atoms with E-state index in [-0.39, 0.29) is 6.03 Å². The van der Waals surface area contributed by atoms with E-state index in [0.29, 0.717) is 6.04 Å². The molecule has 0 aromatic carbocycles. The number of hydrogen-bond acceptors (Lipinski definition) is 2. The molecule has 104 valence electrons. The highest BCUT2D eigenvalue weighted by atomic mass is 16.2. The standard InChI is InChI=1S/C14H27N3O/c1-3-12-4-6-13(7-5-12)16(2)14(18)17-10-8-15-9-11-17/h12-13,15H,3-11H2,1-2H3. The fraction of sp³-hybridized carbons (Fsp3) is 0.929. The molecule has 1 aliphatic heterocycles. The third kappa shape index (κ3) is 3.16. The maximum absolute atomic E-state index is 12.4. The molecule has 4 heteroatoms. The summed E-state index contributed by atoms with van der Waals surface area (Å²) in [6.45, 7) is 5.85. The van der Waals surface area contributed by atoms with Gasteiger partial charge in [0.2, 0.25) is 0 Å². The van der Waals surface area contributed by atoms with Gasteiger partial charge in [-0.1, -0.05) is 13.3 Å². The zero-order valence-electron chi connectivity index (χ0n) is 11.8. The summed E-state index contributed by atoms with van der Waals surface area (Å²) in [5, 5.41) is 3.29. The van der Waals surface area contributed by atoms with Crippen molar-refractivity contribution in [2.45, 2.75) is 45.1 Å². The van der Waals surface area contributed by atoms with Crippen LogP contribution in [0.25, 0.3) is 0 Å². The molecule has 2 rings (SSSR count). The Bertz CT molecular complexity index is 268. The van der Waals surface area contributed by atoms with Crippen LogP contribution in [0.1, 0.15) is 39.0 Å². The molecule has 1 aliphatic carbocycles. The molecule has 0 aromatic rings. The molecule has 2 aliphatic rings. The summed E-state index contributed by atoms with van der Waals surface area (Å²) in [5.41, 5.74) is 0. The lowest BCUT2D eigenvalue weighted by molar-refractivity contribution is 0.122. The zero-order chi connectivity index (χ0) is 13.0. The van der Waals surface area contributed by atoms with E-state index < -0.39 is 0 Å². The first kappa shape index (κ1) is 13.7. The Hall–Kier alpha value is -0.770. The quantitative estimate of drug-likeness (QED) is 0.816. The highest BCUT2D eigenvalue weighted by Crippen LogP contribution is 2.29. The maximum Gasteiger partial charge on any atom is 0.320 e. The molecule has 0 radical (unpaired) electrons. The van der Waals surface area contributed by atoms with Gasteiger partial charge in [-0.05, 0) is 31.6 Å². The number of hydrogen-bond donors (Lipinski definition) is 1. The van der Waals surface area contributed by atoms with E-state index in [9.17, 15) is 4.79 Å². The average Bonchev–Trinajstić information content (AvgIpc) is 2.47. The largest absolute Gasteiger partial charge is 0.325 e. The van der Waals surface area contributed by atoms with Crippen LogP contribution >= 0.6 is 0 Å². The predicted molar refractivity (Wildman–Crippen MR) is 73.6 cm³/mol. The zero-order valence-corrected chi connectivity index (χ0v) is 11.8. The highest BCUT2D eigenvalue weighted by molar-refractivity contribution is 5.74. The monoisotopic (exact) mass is 253 g/mol. The predicted octanol–water partition coefficient (Wildman–Crippen LogP) is 1.91. The number of carbonyl (C=O) groups excluding carboxylic acids is 1.